The number of nitrogens with one attached hydrogen (secondary N) is 1. The van der Waals surface area contributed by atoms with Crippen LogP contribution in [0, 0.1) is 10.8 Å². The normalized spacial score (nSPS) is 34.4. The summed E-state index contributed by atoms with van der Waals surface area (Å²) >= 11 is 0. The highest BCUT2D eigenvalue weighted by atomic mass is 15.2. The van der Waals surface area contributed by atoms with Crippen molar-refractivity contribution in [3.8, 4) is 0 Å². The number of hydrogen-bond acceptors (Lipinski definition) is 2. The average molecular weight is 280 g/mol. The molecule has 2 aliphatic rings. The van der Waals surface area contributed by atoms with E-state index >= 15 is 0 Å². The highest BCUT2D eigenvalue weighted by Gasteiger charge is 2.41. The zero-order valence-electron chi connectivity index (χ0n) is 14.6. The van der Waals surface area contributed by atoms with Gasteiger partial charge in [-0.2, -0.15) is 0 Å². The van der Waals surface area contributed by atoms with Crippen LogP contribution >= 0.6 is 0 Å². The van der Waals surface area contributed by atoms with Crippen molar-refractivity contribution in [2.45, 2.75) is 90.8 Å². The molecule has 0 aromatic heterocycles. The maximum Gasteiger partial charge on any atom is 0.0105 e. The Labute approximate surface area is 126 Å². The summed E-state index contributed by atoms with van der Waals surface area (Å²) in [5, 5.41) is 3.45. The standard InChI is InChI=1S/C18H36N2/c1-17(2)11-16(12-18(3,4)13-17)20(6)15-9-7-14(19-5)8-10-15/h14-16,19H,7-13H2,1-6H3. The topological polar surface area (TPSA) is 15.3 Å². The fourth-order valence-corrected chi connectivity index (χ4v) is 5.15. The molecule has 2 fully saturated rings. The quantitative estimate of drug-likeness (QED) is 0.839. The minimum Gasteiger partial charge on any atom is -0.317 e. The molecular formula is C18H36N2. The van der Waals surface area contributed by atoms with Crippen molar-refractivity contribution in [2.24, 2.45) is 10.8 Å². The van der Waals surface area contributed by atoms with Gasteiger partial charge >= 0.3 is 0 Å². The monoisotopic (exact) mass is 280 g/mol. The fraction of sp³-hybridized carbons (Fsp3) is 1.00. The summed E-state index contributed by atoms with van der Waals surface area (Å²) in [5.74, 6) is 0. The summed E-state index contributed by atoms with van der Waals surface area (Å²) in [6.07, 6.45) is 9.57. The maximum atomic E-state index is 3.45. The molecule has 20 heavy (non-hydrogen) atoms. The molecule has 0 aromatic rings. The molecule has 0 aliphatic heterocycles. The van der Waals surface area contributed by atoms with E-state index in [1.54, 1.807) is 0 Å². The Morgan fingerprint density at radius 3 is 1.80 bits per heavy atom. The van der Waals surface area contributed by atoms with E-state index in [0.717, 1.165) is 18.1 Å². The lowest BCUT2D eigenvalue weighted by atomic mass is 9.63. The molecular weight excluding hydrogens is 244 g/mol. The van der Waals surface area contributed by atoms with Crippen molar-refractivity contribution in [1.29, 1.82) is 0 Å². The van der Waals surface area contributed by atoms with E-state index in [0.29, 0.717) is 10.8 Å². The molecule has 0 amide bonds. The first kappa shape index (κ1) is 16.3. The van der Waals surface area contributed by atoms with Crippen molar-refractivity contribution in [3.63, 3.8) is 0 Å². The van der Waals surface area contributed by atoms with Crippen LogP contribution in [0.1, 0.15) is 72.6 Å². The molecule has 0 radical (unpaired) electrons. The average Bonchev–Trinajstić information content (AvgIpc) is 2.34. The van der Waals surface area contributed by atoms with Gasteiger partial charge in [-0.3, -0.25) is 0 Å². The summed E-state index contributed by atoms with van der Waals surface area (Å²) in [7, 11) is 4.51. The van der Waals surface area contributed by atoms with Crippen LogP contribution in [0.3, 0.4) is 0 Å². The zero-order valence-corrected chi connectivity index (χ0v) is 14.6. The molecule has 0 bridgehead atoms. The molecule has 2 rings (SSSR count). The Morgan fingerprint density at radius 1 is 0.850 bits per heavy atom. The Morgan fingerprint density at radius 2 is 1.35 bits per heavy atom. The van der Waals surface area contributed by atoms with Crippen molar-refractivity contribution in [2.75, 3.05) is 14.1 Å². The highest BCUT2D eigenvalue weighted by molar-refractivity contribution is 4.95. The summed E-state index contributed by atoms with van der Waals surface area (Å²) in [5.41, 5.74) is 1.01. The Hall–Kier alpha value is -0.0800. The molecule has 0 spiro atoms. The minimum atomic E-state index is 0.503. The van der Waals surface area contributed by atoms with Gasteiger partial charge in [0.15, 0.2) is 0 Å². The first-order valence-electron chi connectivity index (χ1n) is 8.62. The van der Waals surface area contributed by atoms with E-state index in [9.17, 15) is 0 Å². The first-order valence-corrected chi connectivity index (χ1v) is 8.62. The van der Waals surface area contributed by atoms with Crippen LogP contribution < -0.4 is 5.32 Å². The van der Waals surface area contributed by atoms with E-state index in [-0.39, 0.29) is 0 Å². The van der Waals surface area contributed by atoms with Gasteiger partial charge in [0.05, 0.1) is 0 Å². The van der Waals surface area contributed by atoms with Crippen LogP contribution in [0.5, 0.6) is 0 Å². The van der Waals surface area contributed by atoms with E-state index in [4.69, 9.17) is 0 Å². The molecule has 0 unspecified atom stereocenters. The van der Waals surface area contributed by atoms with Crippen molar-refractivity contribution in [3.05, 3.63) is 0 Å². The Bertz CT molecular complexity index is 297. The summed E-state index contributed by atoms with van der Waals surface area (Å²) in [6, 6.07) is 2.36. The van der Waals surface area contributed by atoms with Gasteiger partial charge < -0.3 is 10.2 Å². The van der Waals surface area contributed by atoms with Crippen LogP contribution in [-0.2, 0) is 0 Å². The van der Waals surface area contributed by atoms with E-state index < -0.39 is 0 Å². The second-order valence-electron chi connectivity index (χ2n) is 9.03. The fourth-order valence-electron chi connectivity index (χ4n) is 5.15. The van der Waals surface area contributed by atoms with Gasteiger partial charge in [-0.05, 0) is 69.9 Å². The van der Waals surface area contributed by atoms with Crippen molar-refractivity contribution >= 4 is 0 Å². The van der Waals surface area contributed by atoms with Gasteiger partial charge in [-0.1, -0.05) is 27.7 Å². The molecule has 2 saturated carbocycles. The molecule has 0 aromatic carbocycles. The Kier molecular flexibility index (Phi) is 4.86. The predicted molar refractivity (Wildman–Crippen MR) is 88.1 cm³/mol. The SMILES string of the molecule is CNC1CCC(N(C)C2CC(C)(C)CC(C)(C)C2)CC1. The van der Waals surface area contributed by atoms with Crippen LogP contribution in [0.2, 0.25) is 0 Å². The third-order valence-electron chi connectivity index (χ3n) is 5.79. The Balaban J connectivity index is 1.96. The van der Waals surface area contributed by atoms with Crippen molar-refractivity contribution in [1.82, 2.24) is 10.2 Å². The molecule has 2 heteroatoms. The van der Waals surface area contributed by atoms with Crippen LogP contribution in [0.4, 0.5) is 0 Å². The van der Waals surface area contributed by atoms with E-state index in [1.165, 1.54) is 44.9 Å². The number of hydrogen-bond donors (Lipinski definition) is 1. The van der Waals surface area contributed by atoms with Crippen LogP contribution in [0.15, 0.2) is 0 Å². The zero-order chi connectivity index (χ0) is 15.0. The van der Waals surface area contributed by atoms with E-state index in [1.807, 2.05) is 0 Å². The summed E-state index contributed by atoms with van der Waals surface area (Å²) in [4.78, 5) is 2.74. The largest absolute Gasteiger partial charge is 0.317 e. The van der Waals surface area contributed by atoms with Gasteiger partial charge in [-0.25, -0.2) is 0 Å². The lowest BCUT2D eigenvalue weighted by molar-refractivity contribution is 0.00900. The van der Waals surface area contributed by atoms with Crippen molar-refractivity contribution < 1.29 is 0 Å². The smallest absolute Gasteiger partial charge is 0.0105 e. The predicted octanol–water partition coefficient (Wildman–Crippen LogP) is 4.05. The second kappa shape index (κ2) is 5.96. The van der Waals surface area contributed by atoms with Gasteiger partial charge in [0.25, 0.3) is 0 Å². The van der Waals surface area contributed by atoms with Gasteiger partial charge in [0.1, 0.15) is 0 Å². The van der Waals surface area contributed by atoms with Gasteiger partial charge in [0, 0.05) is 18.1 Å². The van der Waals surface area contributed by atoms with E-state index in [2.05, 4.69) is 52.0 Å². The molecule has 2 nitrogen and oxygen atoms in total. The number of nitrogens with zero attached hydrogens (tertiary/aromatic N) is 1. The molecule has 1 N–H and O–H groups in total. The molecule has 0 saturated heterocycles. The maximum absolute atomic E-state index is 3.45. The van der Waals surface area contributed by atoms with Gasteiger partial charge in [-0.15, -0.1) is 0 Å². The van der Waals surface area contributed by atoms with Crippen LogP contribution in [0.25, 0.3) is 0 Å². The molecule has 2 aliphatic carbocycles. The van der Waals surface area contributed by atoms with Crippen LogP contribution in [-0.4, -0.2) is 37.1 Å². The lowest BCUT2D eigenvalue weighted by Crippen LogP contribution is -2.50. The molecule has 118 valence electrons. The molecule has 0 atom stereocenters. The third kappa shape index (κ3) is 3.98. The highest BCUT2D eigenvalue weighted by Crippen LogP contribution is 2.47. The molecule has 0 heterocycles. The summed E-state index contributed by atoms with van der Waals surface area (Å²) in [6.45, 7) is 9.86. The third-order valence-corrected chi connectivity index (χ3v) is 5.79. The minimum absolute atomic E-state index is 0.503. The number of rotatable bonds is 3. The lowest BCUT2D eigenvalue weighted by Gasteiger charge is -2.50. The first-order chi connectivity index (χ1) is 9.22. The second-order valence-corrected chi connectivity index (χ2v) is 9.03. The summed E-state index contributed by atoms with van der Waals surface area (Å²) < 4.78 is 0. The van der Waals surface area contributed by atoms with Gasteiger partial charge in [0.2, 0.25) is 0 Å².